The number of hydrogen-bond acceptors (Lipinski definition) is 4. The summed E-state index contributed by atoms with van der Waals surface area (Å²) in [6.07, 6.45) is 5.79. The number of fused-ring (bicyclic) bond motifs is 1. The highest BCUT2D eigenvalue weighted by Crippen LogP contribution is 2.54. The fourth-order valence-electron chi connectivity index (χ4n) is 5.12. The summed E-state index contributed by atoms with van der Waals surface area (Å²) in [4.78, 5) is 7.91. The Balaban J connectivity index is 1.36. The molecule has 2 fully saturated rings. The lowest BCUT2D eigenvalue weighted by atomic mass is 9.60. The van der Waals surface area contributed by atoms with Crippen LogP contribution >= 0.6 is 23.2 Å². The second kappa shape index (κ2) is 6.89. The number of H-pyrrole nitrogens is 1. The number of aromatic nitrogens is 2. The van der Waals surface area contributed by atoms with Gasteiger partial charge in [0.25, 0.3) is 0 Å². The normalized spacial score (nSPS) is 34.7. The van der Waals surface area contributed by atoms with Crippen LogP contribution in [0.15, 0.2) is 12.1 Å². The Hall–Kier alpha value is -0.850. The molecule has 3 atom stereocenters. The molecule has 1 heterocycles. The smallest absolute Gasteiger partial charge is 0.108 e. The third-order valence-electron chi connectivity index (χ3n) is 6.89. The van der Waals surface area contributed by atoms with E-state index < -0.39 is 17.2 Å². The second-order valence-electron chi connectivity index (χ2n) is 8.53. The van der Waals surface area contributed by atoms with Gasteiger partial charge in [0, 0.05) is 12.5 Å². The first-order valence-electron chi connectivity index (χ1n) is 9.77. The van der Waals surface area contributed by atoms with Crippen LogP contribution in [-0.4, -0.2) is 37.4 Å². The van der Waals surface area contributed by atoms with Crippen LogP contribution in [0.4, 0.5) is 0 Å². The molecule has 0 saturated heterocycles. The van der Waals surface area contributed by atoms with Crippen LogP contribution in [0.1, 0.15) is 51.3 Å². The summed E-state index contributed by atoms with van der Waals surface area (Å²) in [5.74, 6) is 1.60. The topological polar surface area (TPSA) is 95.2 Å². The lowest BCUT2D eigenvalue weighted by Gasteiger charge is -2.51. The number of aliphatic hydroxyl groups is 2. The molecule has 148 valence electrons. The van der Waals surface area contributed by atoms with E-state index in [1.165, 1.54) is 0 Å². The first kappa shape index (κ1) is 19.5. The van der Waals surface area contributed by atoms with Gasteiger partial charge in [-0.05, 0) is 69.4 Å². The van der Waals surface area contributed by atoms with E-state index in [2.05, 4.69) is 9.97 Å². The van der Waals surface area contributed by atoms with Crippen molar-refractivity contribution in [2.45, 2.75) is 69.1 Å². The number of halogens is 2. The molecule has 0 amide bonds. The summed E-state index contributed by atoms with van der Waals surface area (Å²) in [6.45, 7) is 1.80. The molecule has 7 heteroatoms. The van der Waals surface area contributed by atoms with E-state index in [-0.39, 0.29) is 5.92 Å². The highest BCUT2D eigenvalue weighted by Gasteiger charge is 2.61. The molecule has 2 aliphatic carbocycles. The van der Waals surface area contributed by atoms with Crippen molar-refractivity contribution in [2.75, 3.05) is 0 Å². The standard InChI is InChI=1S/C20H27Cl2N3O2/c1-11(23)19(26)5-2-6-20(19,27)13-7-12(8-13)3-4-18-24-16-9-14(21)15(22)10-17(16)25-18/h9-13,26-27H,2-8,23H2,1H3,(H,24,25). The SMILES string of the molecule is CC(N)C1(O)CCCC1(O)C1CC(CCc2nc3cc(Cl)c(Cl)cc3[nH]2)C1. The number of nitrogens with one attached hydrogen (secondary N) is 1. The molecule has 0 bridgehead atoms. The van der Waals surface area contributed by atoms with Crippen LogP contribution < -0.4 is 5.73 Å². The van der Waals surface area contributed by atoms with Crippen molar-refractivity contribution in [3.8, 4) is 0 Å². The average molecular weight is 412 g/mol. The van der Waals surface area contributed by atoms with Gasteiger partial charge in [0.1, 0.15) is 11.4 Å². The summed E-state index contributed by atoms with van der Waals surface area (Å²) in [6, 6.07) is 3.17. The fourth-order valence-corrected chi connectivity index (χ4v) is 5.44. The molecule has 4 rings (SSSR count). The Bertz CT molecular complexity index is 810. The van der Waals surface area contributed by atoms with Crippen molar-refractivity contribution < 1.29 is 10.2 Å². The van der Waals surface area contributed by atoms with Crippen LogP contribution in [0.5, 0.6) is 0 Å². The molecule has 2 aromatic rings. The van der Waals surface area contributed by atoms with Gasteiger partial charge in [-0.1, -0.05) is 23.2 Å². The summed E-state index contributed by atoms with van der Waals surface area (Å²) in [7, 11) is 0. The predicted molar refractivity (Wildman–Crippen MR) is 108 cm³/mol. The van der Waals surface area contributed by atoms with Crippen molar-refractivity contribution in [1.82, 2.24) is 9.97 Å². The third-order valence-corrected chi connectivity index (χ3v) is 7.61. The lowest BCUT2D eigenvalue weighted by Crippen LogP contribution is -2.64. The molecule has 1 aromatic heterocycles. The molecule has 2 saturated carbocycles. The quantitative estimate of drug-likeness (QED) is 0.601. The molecular weight excluding hydrogens is 385 g/mol. The largest absolute Gasteiger partial charge is 0.387 e. The zero-order valence-electron chi connectivity index (χ0n) is 15.5. The van der Waals surface area contributed by atoms with Gasteiger partial charge in [-0.25, -0.2) is 4.98 Å². The van der Waals surface area contributed by atoms with Crippen LogP contribution in [0.2, 0.25) is 10.0 Å². The zero-order valence-corrected chi connectivity index (χ0v) is 17.0. The van der Waals surface area contributed by atoms with Crippen molar-refractivity contribution in [3.63, 3.8) is 0 Å². The predicted octanol–water partition coefficient (Wildman–Crippen LogP) is 3.82. The molecule has 5 N–H and O–H groups in total. The Morgan fingerprint density at radius 1 is 1.26 bits per heavy atom. The minimum atomic E-state index is -1.15. The molecule has 27 heavy (non-hydrogen) atoms. The Kier molecular flexibility index (Phi) is 4.97. The zero-order chi connectivity index (χ0) is 19.4. The maximum absolute atomic E-state index is 11.2. The van der Waals surface area contributed by atoms with Crippen LogP contribution in [0.25, 0.3) is 11.0 Å². The monoisotopic (exact) mass is 411 g/mol. The van der Waals surface area contributed by atoms with Crippen LogP contribution in [0, 0.1) is 11.8 Å². The number of nitrogens with two attached hydrogens (primary N) is 1. The highest BCUT2D eigenvalue weighted by molar-refractivity contribution is 6.42. The lowest BCUT2D eigenvalue weighted by molar-refractivity contribution is -0.192. The number of rotatable bonds is 5. The van der Waals surface area contributed by atoms with Gasteiger partial charge in [-0.2, -0.15) is 0 Å². The fraction of sp³-hybridized carbons (Fsp3) is 0.650. The Morgan fingerprint density at radius 2 is 1.96 bits per heavy atom. The summed E-state index contributed by atoms with van der Waals surface area (Å²) >= 11 is 12.1. The minimum absolute atomic E-state index is 0.134. The van der Waals surface area contributed by atoms with Crippen molar-refractivity contribution in [2.24, 2.45) is 17.6 Å². The molecular formula is C20H27Cl2N3O2. The third kappa shape index (κ3) is 3.18. The second-order valence-corrected chi connectivity index (χ2v) is 9.35. The van der Waals surface area contributed by atoms with E-state index in [1.54, 1.807) is 19.1 Å². The molecule has 1 aromatic carbocycles. The number of aromatic amines is 1. The number of nitrogens with zero attached hydrogens (tertiary/aromatic N) is 1. The van der Waals surface area contributed by atoms with Crippen LogP contribution in [0.3, 0.4) is 0 Å². The van der Waals surface area contributed by atoms with Gasteiger partial charge in [-0.3, -0.25) is 0 Å². The van der Waals surface area contributed by atoms with Gasteiger partial charge in [0.15, 0.2) is 0 Å². The first-order valence-corrected chi connectivity index (χ1v) is 10.5. The van der Waals surface area contributed by atoms with E-state index in [0.717, 1.165) is 49.0 Å². The molecule has 0 aliphatic heterocycles. The van der Waals surface area contributed by atoms with Crippen molar-refractivity contribution in [3.05, 3.63) is 28.0 Å². The molecule has 0 radical (unpaired) electrons. The van der Waals surface area contributed by atoms with E-state index in [1.807, 2.05) is 0 Å². The van der Waals surface area contributed by atoms with Gasteiger partial charge >= 0.3 is 0 Å². The van der Waals surface area contributed by atoms with Gasteiger partial charge in [0.05, 0.1) is 26.7 Å². The maximum Gasteiger partial charge on any atom is 0.108 e. The Labute approximate surface area is 169 Å². The van der Waals surface area contributed by atoms with Crippen molar-refractivity contribution >= 4 is 34.2 Å². The number of imidazole rings is 1. The molecule has 3 unspecified atom stereocenters. The van der Waals surface area contributed by atoms with Gasteiger partial charge in [-0.15, -0.1) is 0 Å². The maximum atomic E-state index is 11.2. The molecule has 0 spiro atoms. The molecule has 2 aliphatic rings. The minimum Gasteiger partial charge on any atom is -0.387 e. The average Bonchev–Trinajstić information content (AvgIpc) is 3.08. The van der Waals surface area contributed by atoms with E-state index in [0.29, 0.717) is 28.8 Å². The van der Waals surface area contributed by atoms with Crippen molar-refractivity contribution in [1.29, 1.82) is 0 Å². The molecule has 5 nitrogen and oxygen atoms in total. The summed E-state index contributed by atoms with van der Waals surface area (Å²) in [5, 5.41) is 23.1. The number of benzene rings is 1. The number of hydrogen-bond donors (Lipinski definition) is 4. The van der Waals surface area contributed by atoms with E-state index in [9.17, 15) is 10.2 Å². The van der Waals surface area contributed by atoms with Gasteiger partial charge < -0.3 is 20.9 Å². The first-order chi connectivity index (χ1) is 12.7. The highest BCUT2D eigenvalue weighted by atomic mass is 35.5. The van der Waals surface area contributed by atoms with E-state index in [4.69, 9.17) is 28.9 Å². The number of aryl methyl sites for hydroxylation is 1. The van der Waals surface area contributed by atoms with E-state index >= 15 is 0 Å². The summed E-state index contributed by atoms with van der Waals surface area (Å²) in [5.41, 5.74) is 5.54. The van der Waals surface area contributed by atoms with Gasteiger partial charge in [0.2, 0.25) is 0 Å². The Morgan fingerprint density at radius 3 is 2.67 bits per heavy atom. The summed E-state index contributed by atoms with van der Waals surface area (Å²) < 4.78 is 0. The van der Waals surface area contributed by atoms with Crippen LogP contribution in [-0.2, 0) is 6.42 Å².